The first-order valence-corrected chi connectivity index (χ1v) is 13.7. The summed E-state index contributed by atoms with van der Waals surface area (Å²) in [5, 5.41) is 19.0. The summed E-state index contributed by atoms with van der Waals surface area (Å²) in [6.45, 7) is 3.58. The first-order chi connectivity index (χ1) is 17.6. The van der Waals surface area contributed by atoms with Crippen LogP contribution in [-0.4, -0.2) is 79.1 Å². The molecule has 3 amide bonds. The Morgan fingerprint density at radius 2 is 1.89 bits per heavy atom. The minimum Gasteiger partial charge on any atom is -0.487 e. The van der Waals surface area contributed by atoms with Gasteiger partial charge in [-0.05, 0) is 63.4 Å². The highest BCUT2D eigenvalue weighted by Crippen LogP contribution is 2.47. The van der Waals surface area contributed by atoms with Gasteiger partial charge in [0.1, 0.15) is 18.0 Å². The number of urea groups is 1. The zero-order valence-corrected chi connectivity index (χ0v) is 21.0. The Kier molecular flexibility index (Phi) is 8.29. The van der Waals surface area contributed by atoms with Crippen LogP contribution in [0.2, 0.25) is 0 Å². The quantitative estimate of drug-likeness (QED) is 0.437. The second-order valence-electron chi connectivity index (χ2n) is 10.7. The van der Waals surface area contributed by atoms with Crippen molar-refractivity contribution in [3.05, 3.63) is 23.8 Å². The average Bonchev–Trinajstić information content (AvgIpc) is 3.52. The number of ether oxygens (including phenoxy) is 2. The van der Waals surface area contributed by atoms with E-state index in [0.29, 0.717) is 18.7 Å². The van der Waals surface area contributed by atoms with Crippen LogP contribution in [0, 0.1) is 0 Å². The fourth-order valence-corrected chi connectivity index (χ4v) is 6.21. The molecule has 1 aromatic carbocycles. The lowest BCUT2D eigenvalue weighted by molar-refractivity contribution is -0.142. The maximum Gasteiger partial charge on any atom is 0.319 e. The molecule has 0 radical (unpaired) electrons. The van der Waals surface area contributed by atoms with Gasteiger partial charge in [-0.3, -0.25) is 4.79 Å². The van der Waals surface area contributed by atoms with Crippen LogP contribution in [0.5, 0.6) is 5.75 Å². The maximum absolute atomic E-state index is 12.6. The van der Waals surface area contributed by atoms with Gasteiger partial charge in [-0.2, -0.15) is 0 Å². The third kappa shape index (κ3) is 6.12. The van der Waals surface area contributed by atoms with E-state index in [2.05, 4.69) is 20.9 Å². The van der Waals surface area contributed by atoms with E-state index in [0.717, 1.165) is 56.6 Å². The maximum atomic E-state index is 12.6. The molecule has 0 bridgehead atoms. The lowest BCUT2D eigenvalue weighted by atomic mass is 9.84. The first kappa shape index (κ1) is 25.3. The fourth-order valence-electron chi connectivity index (χ4n) is 6.21. The number of amides is 3. The lowest BCUT2D eigenvalue weighted by Gasteiger charge is -2.37. The van der Waals surface area contributed by atoms with E-state index in [-0.39, 0.29) is 49.1 Å². The Labute approximate surface area is 213 Å². The Hall–Kier alpha value is -2.36. The molecule has 0 aromatic heterocycles. The van der Waals surface area contributed by atoms with Crippen molar-refractivity contribution < 1.29 is 24.2 Å². The Morgan fingerprint density at radius 1 is 1.08 bits per heavy atom. The molecule has 0 spiro atoms. The van der Waals surface area contributed by atoms with Gasteiger partial charge < -0.3 is 35.4 Å². The van der Waals surface area contributed by atoms with E-state index >= 15 is 0 Å². The Bertz CT molecular complexity index is 915. The van der Waals surface area contributed by atoms with Gasteiger partial charge in [-0.15, -0.1) is 0 Å². The van der Waals surface area contributed by atoms with Crippen LogP contribution < -0.4 is 20.7 Å². The topological polar surface area (TPSA) is 112 Å². The second-order valence-corrected chi connectivity index (χ2v) is 10.7. The number of fused-ring (bicyclic) bond motifs is 3. The van der Waals surface area contributed by atoms with Gasteiger partial charge in [0.05, 0.1) is 19.1 Å². The van der Waals surface area contributed by atoms with Crippen molar-refractivity contribution in [2.24, 2.45) is 0 Å². The molecule has 3 heterocycles. The van der Waals surface area contributed by atoms with E-state index in [1.165, 1.54) is 19.3 Å². The second kappa shape index (κ2) is 11.8. The van der Waals surface area contributed by atoms with Crippen LogP contribution in [0.1, 0.15) is 69.3 Å². The van der Waals surface area contributed by atoms with E-state index in [9.17, 15) is 14.7 Å². The summed E-state index contributed by atoms with van der Waals surface area (Å²) in [6, 6.07) is 5.74. The van der Waals surface area contributed by atoms with E-state index in [1.807, 2.05) is 18.2 Å². The Morgan fingerprint density at radius 3 is 2.67 bits per heavy atom. The molecular formula is C27H40N4O5. The number of benzene rings is 1. The molecule has 2 saturated heterocycles. The van der Waals surface area contributed by atoms with Crippen LogP contribution in [0.25, 0.3) is 0 Å². The first-order valence-electron chi connectivity index (χ1n) is 13.7. The summed E-state index contributed by atoms with van der Waals surface area (Å²) >= 11 is 0. The van der Waals surface area contributed by atoms with Crippen molar-refractivity contribution in [1.82, 2.24) is 15.5 Å². The third-order valence-electron chi connectivity index (χ3n) is 8.06. The normalized spacial score (nSPS) is 28.1. The molecular weight excluding hydrogens is 460 g/mol. The number of nitrogens with zero attached hydrogens (tertiary/aromatic N) is 1. The highest BCUT2D eigenvalue weighted by atomic mass is 16.6. The number of rotatable bonds is 8. The summed E-state index contributed by atoms with van der Waals surface area (Å²) in [4.78, 5) is 27.5. The molecule has 4 N–H and O–H groups in total. The zero-order chi connectivity index (χ0) is 24.9. The predicted molar refractivity (Wildman–Crippen MR) is 136 cm³/mol. The monoisotopic (exact) mass is 500 g/mol. The van der Waals surface area contributed by atoms with Crippen molar-refractivity contribution in [2.45, 2.75) is 88.1 Å². The molecule has 3 fully saturated rings. The smallest absolute Gasteiger partial charge is 0.319 e. The van der Waals surface area contributed by atoms with Crippen molar-refractivity contribution in [3.63, 3.8) is 0 Å². The molecule has 198 valence electrons. The molecule has 9 nitrogen and oxygen atoms in total. The number of piperidine rings is 1. The van der Waals surface area contributed by atoms with Crippen molar-refractivity contribution >= 4 is 17.6 Å². The SMILES string of the molecule is O=C(C[C@H]1C[C@H]2c3cc(NC(=O)NC4CCCC4)ccc3O[C@H]2[C@@H](CO)O1)NCCN1CCCCC1. The minimum atomic E-state index is -0.496. The molecule has 4 aliphatic rings. The van der Waals surface area contributed by atoms with E-state index in [1.54, 1.807) is 0 Å². The number of hydrogen-bond acceptors (Lipinski definition) is 6. The average molecular weight is 501 g/mol. The lowest BCUT2D eigenvalue weighted by Crippen LogP contribution is -2.47. The van der Waals surface area contributed by atoms with E-state index in [4.69, 9.17) is 9.47 Å². The number of aliphatic hydroxyl groups is 1. The number of carbonyl (C=O) groups is 2. The van der Waals surface area contributed by atoms with Gasteiger partial charge in [0, 0.05) is 36.3 Å². The third-order valence-corrected chi connectivity index (χ3v) is 8.06. The highest BCUT2D eigenvalue weighted by molar-refractivity contribution is 5.89. The summed E-state index contributed by atoms with van der Waals surface area (Å²) in [7, 11) is 0. The molecule has 1 aromatic rings. The number of nitrogens with one attached hydrogen (secondary N) is 3. The molecule has 5 rings (SSSR count). The molecule has 9 heteroatoms. The minimum absolute atomic E-state index is 0.00306. The van der Waals surface area contributed by atoms with Crippen LogP contribution in [0.15, 0.2) is 18.2 Å². The van der Waals surface area contributed by atoms with Gasteiger partial charge in [-0.25, -0.2) is 4.79 Å². The van der Waals surface area contributed by atoms with Gasteiger partial charge >= 0.3 is 6.03 Å². The summed E-state index contributed by atoms with van der Waals surface area (Å²) in [6.07, 6.45) is 7.96. The molecule has 0 unspecified atom stereocenters. The number of anilines is 1. The van der Waals surface area contributed by atoms with Gasteiger partial charge in [0.2, 0.25) is 5.91 Å². The van der Waals surface area contributed by atoms with Gasteiger partial charge in [0.15, 0.2) is 0 Å². The number of aliphatic hydroxyl groups excluding tert-OH is 1. The number of hydrogen-bond donors (Lipinski definition) is 4. The van der Waals surface area contributed by atoms with Crippen LogP contribution in [0.4, 0.5) is 10.5 Å². The molecule has 3 aliphatic heterocycles. The molecule has 1 saturated carbocycles. The van der Waals surface area contributed by atoms with Crippen molar-refractivity contribution in [3.8, 4) is 5.75 Å². The zero-order valence-electron chi connectivity index (χ0n) is 21.0. The predicted octanol–water partition coefficient (Wildman–Crippen LogP) is 2.74. The number of likely N-dealkylation sites (tertiary alicyclic amines) is 1. The van der Waals surface area contributed by atoms with Crippen molar-refractivity contribution in [1.29, 1.82) is 0 Å². The molecule has 36 heavy (non-hydrogen) atoms. The summed E-state index contributed by atoms with van der Waals surface area (Å²) in [5.41, 5.74) is 1.71. The molecule has 1 aliphatic carbocycles. The van der Waals surface area contributed by atoms with Crippen LogP contribution in [-0.2, 0) is 9.53 Å². The van der Waals surface area contributed by atoms with Crippen molar-refractivity contribution in [2.75, 3.05) is 38.1 Å². The van der Waals surface area contributed by atoms with Crippen LogP contribution in [0.3, 0.4) is 0 Å². The number of carbonyl (C=O) groups excluding carboxylic acids is 2. The highest BCUT2D eigenvalue weighted by Gasteiger charge is 2.46. The standard InChI is InChI=1S/C27H40N4O5/c32-17-24-26-22(15-20(35-24)16-25(33)28-10-13-31-11-4-1-5-12-31)21-14-19(8-9-23(21)36-26)30-27(34)29-18-6-2-3-7-18/h8-9,14,18,20,22,24,26,32H,1-7,10-13,15-17H2,(H,28,33)(H2,29,30,34)/t20-,22+,24-,26-/m1/s1. The van der Waals surface area contributed by atoms with Gasteiger partial charge in [-0.1, -0.05) is 19.3 Å². The fraction of sp³-hybridized carbons (Fsp3) is 0.704. The van der Waals surface area contributed by atoms with Gasteiger partial charge in [0.25, 0.3) is 0 Å². The Balaban J connectivity index is 1.17. The van der Waals surface area contributed by atoms with E-state index < -0.39 is 6.10 Å². The molecule has 4 atom stereocenters. The van der Waals surface area contributed by atoms with Crippen LogP contribution >= 0.6 is 0 Å². The summed E-state index contributed by atoms with van der Waals surface area (Å²) in [5.74, 6) is 0.724. The summed E-state index contributed by atoms with van der Waals surface area (Å²) < 4.78 is 12.2. The largest absolute Gasteiger partial charge is 0.487 e.